The van der Waals surface area contributed by atoms with Crippen LogP contribution < -0.4 is 14.8 Å². The van der Waals surface area contributed by atoms with E-state index in [1.165, 1.54) is 31.6 Å². The maximum atomic E-state index is 13.6. The fourth-order valence-electron chi connectivity index (χ4n) is 2.12. The Kier molecular flexibility index (Phi) is 4.12. The molecule has 5 nitrogen and oxygen atoms in total. The van der Waals surface area contributed by atoms with Crippen molar-refractivity contribution in [2.75, 3.05) is 19.5 Å². The number of carbonyl (C=O) groups is 1. The normalized spacial score (nSPS) is 10.6. The number of anilines is 1. The number of carbonyl (C=O) groups excluding carboxylic acids is 1. The molecule has 0 saturated carbocycles. The zero-order chi connectivity index (χ0) is 16.4. The molecule has 23 heavy (non-hydrogen) atoms. The van der Waals surface area contributed by atoms with Crippen LogP contribution in [0.4, 0.5) is 9.52 Å². The van der Waals surface area contributed by atoms with Crippen LogP contribution in [0.25, 0.3) is 10.2 Å². The number of nitrogens with one attached hydrogen (secondary N) is 1. The molecule has 0 saturated heterocycles. The lowest BCUT2D eigenvalue weighted by molar-refractivity contribution is 0.102. The smallest absolute Gasteiger partial charge is 0.257 e. The standard InChI is InChI=1S/C16H13FN2O3S/c1-21-11-7-6-9(8-12(11)22-2)15(20)19-16-18-14-10(17)4-3-5-13(14)23-16/h3-8H,1-2H3,(H,18,19,20). The lowest BCUT2D eigenvalue weighted by atomic mass is 10.2. The second kappa shape index (κ2) is 6.21. The molecule has 0 radical (unpaired) electrons. The van der Waals surface area contributed by atoms with Crippen molar-refractivity contribution < 1.29 is 18.7 Å². The molecule has 0 atom stereocenters. The largest absolute Gasteiger partial charge is 0.493 e. The lowest BCUT2D eigenvalue weighted by Crippen LogP contribution is -2.11. The summed E-state index contributed by atoms with van der Waals surface area (Å²) in [5, 5.41) is 3.01. The number of nitrogens with zero attached hydrogens (tertiary/aromatic N) is 1. The van der Waals surface area contributed by atoms with Crippen molar-refractivity contribution in [3.8, 4) is 11.5 Å². The second-order valence-electron chi connectivity index (χ2n) is 4.63. The Morgan fingerprint density at radius 2 is 1.96 bits per heavy atom. The van der Waals surface area contributed by atoms with Gasteiger partial charge < -0.3 is 9.47 Å². The summed E-state index contributed by atoms with van der Waals surface area (Å²) in [4.78, 5) is 16.4. The van der Waals surface area contributed by atoms with E-state index in [0.29, 0.717) is 26.9 Å². The minimum absolute atomic E-state index is 0.250. The average Bonchev–Trinajstić information content (AvgIpc) is 2.98. The van der Waals surface area contributed by atoms with E-state index in [0.717, 1.165) is 0 Å². The number of benzene rings is 2. The molecule has 2 aromatic carbocycles. The topological polar surface area (TPSA) is 60.5 Å². The van der Waals surface area contributed by atoms with Crippen molar-refractivity contribution in [3.05, 3.63) is 47.8 Å². The van der Waals surface area contributed by atoms with Gasteiger partial charge in [-0.2, -0.15) is 0 Å². The van der Waals surface area contributed by atoms with Gasteiger partial charge in [0.05, 0.1) is 18.9 Å². The molecule has 0 unspecified atom stereocenters. The molecule has 1 heterocycles. The first-order valence-corrected chi connectivity index (χ1v) is 7.52. The molecule has 3 rings (SSSR count). The highest BCUT2D eigenvalue weighted by Crippen LogP contribution is 2.30. The molecule has 1 N–H and O–H groups in total. The van der Waals surface area contributed by atoms with Crippen LogP contribution in [0.15, 0.2) is 36.4 Å². The van der Waals surface area contributed by atoms with Gasteiger partial charge in [0, 0.05) is 5.56 Å². The number of methoxy groups -OCH3 is 2. The Bertz CT molecular complexity index is 879. The Morgan fingerprint density at radius 3 is 2.65 bits per heavy atom. The van der Waals surface area contributed by atoms with Crippen molar-refractivity contribution in [2.24, 2.45) is 0 Å². The number of halogens is 1. The van der Waals surface area contributed by atoms with Gasteiger partial charge in [-0.15, -0.1) is 0 Å². The van der Waals surface area contributed by atoms with Crippen LogP contribution in [-0.2, 0) is 0 Å². The number of amides is 1. The summed E-state index contributed by atoms with van der Waals surface area (Å²) in [6.07, 6.45) is 0. The zero-order valence-electron chi connectivity index (χ0n) is 12.4. The fraction of sp³-hybridized carbons (Fsp3) is 0.125. The van der Waals surface area contributed by atoms with Crippen LogP contribution in [0.2, 0.25) is 0 Å². The van der Waals surface area contributed by atoms with Crippen LogP contribution in [0.1, 0.15) is 10.4 Å². The van der Waals surface area contributed by atoms with Gasteiger partial charge in [-0.25, -0.2) is 9.37 Å². The van der Waals surface area contributed by atoms with Crippen LogP contribution >= 0.6 is 11.3 Å². The molecule has 0 aliphatic rings. The first-order valence-electron chi connectivity index (χ1n) is 6.71. The summed E-state index contributed by atoms with van der Waals surface area (Å²) in [5.41, 5.74) is 0.641. The number of fused-ring (bicyclic) bond motifs is 1. The Balaban J connectivity index is 1.87. The average molecular weight is 332 g/mol. The molecule has 0 fully saturated rings. The zero-order valence-corrected chi connectivity index (χ0v) is 13.2. The third kappa shape index (κ3) is 2.95. The van der Waals surface area contributed by atoms with E-state index >= 15 is 0 Å². The second-order valence-corrected chi connectivity index (χ2v) is 5.66. The number of para-hydroxylation sites is 1. The molecular weight excluding hydrogens is 319 g/mol. The Morgan fingerprint density at radius 1 is 1.17 bits per heavy atom. The molecule has 0 aliphatic heterocycles. The summed E-state index contributed by atoms with van der Waals surface area (Å²) in [5.74, 6) is 0.220. The van der Waals surface area contributed by atoms with Crippen molar-refractivity contribution in [2.45, 2.75) is 0 Å². The van der Waals surface area contributed by atoms with E-state index in [1.807, 2.05) is 0 Å². The van der Waals surface area contributed by atoms with Crippen molar-refractivity contribution in [1.82, 2.24) is 4.98 Å². The predicted molar refractivity (Wildman–Crippen MR) is 87.1 cm³/mol. The fourth-order valence-corrected chi connectivity index (χ4v) is 2.99. The van der Waals surface area contributed by atoms with Crippen LogP contribution in [0.5, 0.6) is 11.5 Å². The number of hydrogen-bond donors (Lipinski definition) is 1. The highest BCUT2D eigenvalue weighted by Gasteiger charge is 2.14. The molecule has 3 aromatic rings. The van der Waals surface area contributed by atoms with Gasteiger partial charge in [-0.3, -0.25) is 10.1 Å². The number of ether oxygens (including phenoxy) is 2. The van der Waals surface area contributed by atoms with E-state index in [2.05, 4.69) is 10.3 Å². The molecule has 1 aromatic heterocycles. The maximum absolute atomic E-state index is 13.6. The van der Waals surface area contributed by atoms with Gasteiger partial charge in [-0.05, 0) is 30.3 Å². The van der Waals surface area contributed by atoms with Crippen molar-refractivity contribution in [3.63, 3.8) is 0 Å². The summed E-state index contributed by atoms with van der Waals surface area (Å²) in [7, 11) is 3.02. The molecular formula is C16H13FN2O3S. The number of thiazole rings is 1. The van der Waals surface area contributed by atoms with Gasteiger partial charge >= 0.3 is 0 Å². The molecule has 118 valence electrons. The number of aromatic nitrogens is 1. The molecule has 0 spiro atoms. The van der Waals surface area contributed by atoms with Crippen LogP contribution in [-0.4, -0.2) is 25.1 Å². The van der Waals surface area contributed by atoms with Gasteiger partial charge in [0.15, 0.2) is 16.6 Å². The third-order valence-corrected chi connectivity index (χ3v) is 4.17. The van der Waals surface area contributed by atoms with Gasteiger partial charge in [-0.1, -0.05) is 17.4 Å². The third-order valence-electron chi connectivity index (χ3n) is 3.24. The number of hydrogen-bond acceptors (Lipinski definition) is 5. The lowest BCUT2D eigenvalue weighted by Gasteiger charge is -2.09. The Labute approximate surface area is 135 Å². The monoisotopic (exact) mass is 332 g/mol. The van der Waals surface area contributed by atoms with Gasteiger partial charge in [0.2, 0.25) is 0 Å². The minimum atomic E-state index is -0.412. The van der Waals surface area contributed by atoms with Gasteiger partial charge in [0.1, 0.15) is 11.3 Å². The molecule has 0 bridgehead atoms. The van der Waals surface area contributed by atoms with E-state index in [9.17, 15) is 9.18 Å². The van der Waals surface area contributed by atoms with Crippen molar-refractivity contribution in [1.29, 1.82) is 0 Å². The quantitative estimate of drug-likeness (QED) is 0.791. The van der Waals surface area contributed by atoms with Crippen LogP contribution in [0.3, 0.4) is 0 Å². The maximum Gasteiger partial charge on any atom is 0.257 e. The van der Waals surface area contributed by atoms with E-state index < -0.39 is 5.82 Å². The molecule has 0 aliphatic carbocycles. The first kappa shape index (κ1) is 15.2. The predicted octanol–water partition coefficient (Wildman–Crippen LogP) is 3.70. The SMILES string of the molecule is COc1ccc(C(=O)Nc2nc3c(F)cccc3s2)cc1OC. The molecule has 7 heteroatoms. The molecule has 1 amide bonds. The minimum Gasteiger partial charge on any atom is -0.493 e. The van der Waals surface area contributed by atoms with E-state index in [-0.39, 0.29) is 11.4 Å². The summed E-state index contributed by atoms with van der Waals surface area (Å²) < 4.78 is 24.6. The van der Waals surface area contributed by atoms with Crippen LogP contribution in [0, 0.1) is 5.82 Å². The summed E-state index contributed by atoms with van der Waals surface area (Å²) >= 11 is 1.21. The van der Waals surface area contributed by atoms with E-state index in [4.69, 9.17) is 9.47 Å². The van der Waals surface area contributed by atoms with E-state index in [1.54, 1.807) is 30.3 Å². The highest BCUT2D eigenvalue weighted by molar-refractivity contribution is 7.22. The van der Waals surface area contributed by atoms with Gasteiger partial charge in [0.25, 0.3) is 5.91 Å². The Hall–Kier alpha value is -2.67. The summed E-state index contributed by atoms with van der Waals surface area (Å²) in [6, 6.07) is 9.53. The number of rotatable bonds is 4. The highest BCUT2D eigenvalue weighted by atomic mass is 32.1. The first-order chi connectivity index (χ1) is 11.1. The summed E-state index contributed by atoms with van der Waals surface area (Å²) in [6.45, 7) is 0. The van der Waals surface area contributed by atoms with Crippen molar-refractivity contribution >= 4 is 32.6 Å².